The fourth-order valence-corrected chi connectivity index (χ4v) is 2.61. The van der Waals surface area contributed by atoms with Crippen molar-refractivity contribution in [1.82, 2.24) is 9.78 Å². The van der Waals surface area contributed by atoms with Gasteiger partial charge in [-0.05, 0) is 41.1 Å². The summed E-state index contributed by atoms with van der Waals surface area (Å²) >= 11 is 1.69. The number of amides is 1. The van der Waals surface area contributed by atoms with Gasteiger partial charge in [-0.25, -0.2) is 0 Å². The van der Waals surface area contributed by atoms with Crippen molar-refractivity contribution in [2.24, 2.45) is 7.05 Å². The van der Waals surface area contributed by atoms with Gasteiger partial charge in [0.1, 0.15) is 5.69 Å². The van der Waals surface area contributed by atoms with Crippen LogP contribution >= 0.6 is 11.3 Å². The number of benzene rings is 1. The number of aryl methyl sites for hydroxylation is 1. The van der Waals surface area contributed by atoms with Gasteiger partial charge in [-0.3, -0.25) is 9.48 Å². The van der Waals surface area contributed by atoms with E-state index in [9.17, 15) is 4.79 Å². The number of carbonyl (C=O) groups is 1. The Labute approximate surface area is 108 Å². The minimum Gasteiger partial charge on any atom is -0.321 e. The maximum absolute atomic E-state index is 12.0. The number of rotatable bonds is 2. The molecular weight excluding hydrogens is 246 g/mol. The number of hydrogen-bond acceptors (Lipinski definition) is 3. The minimum absolute atomic E-state index is 0.149. The molecule has 0 spiro atoms. The monoisotopic (exact) mass is 257 g/mol. The second kappa shape index (κ2) is 4.27. The van der Waals surface area contributed by atoms with E-state index in [0.29, 0.717) is 5.69 Å². The highest BCUT2D eigenvalue weighted by Gasteiger charge is 2.10. The lowest BCUT2D eigenvalue weighted by atomic mass is 10.2. The predicted molar refractivity (Wildman–Crippen MR) is 73.0 cm³/mol. The van der Waals surface area contributed by atoms with E-state index in [1.165, 1.54) is 4.70 Å². The van der Waals surface area contributed by atoms with Gasteiger partial charge in [0.05, 0.1) is 0 Å². The zero-order valence-electron chi connectivity index (χ0n) is 9.75. The van der Waals surface area contributed by atoms with Gasteiger partial charge in [-0.1, -0.05) is 0 Å². The van der Waals surface area contributed by atoms with Crippen molar-refractivity contribution in [2.45, 2.75) is 0 Å². The molecule has 5 heteroatoms. The minimum atomic E-state index is -0.149. The molecule has 1 amide bonds. The zero-order valence-corrected chi connectivity index (χ0v) is 10.6. The second-order valence-corrected chi connectivity index (χ2v) is 4.92. The van der Waals surface area contributed by atoms with Crippen LogP contribution in [0.4, 0.5) is 5.69 Å². The van der Waals surface area contributed by atoms with Crippen LogP contribution in [0.15, 0.2) is 41.9 Å². The average Bonchev–Trinajstić information content (AvgIpc) is 2.96. The Morgan fingerprint density at radius 3 is 3.00 bits per heavy atom. The largest absolute Gasteiger partial charge is 0.321 e. The molecule has 18 heavy (non-hydrogen) atoms. The molecule has 4 nitrogen and oxygen atoms in total. The fraction of sp³-hybridized carbons (Fsp3) is 0.0769. The molecule has 0 bridgehead atoms. The maximum atomic E-state index is 12.0. The van der Waals surface area contributed by atoms with E-state index in [0.717, 1.165) is 11.1 Å². The molecule has 0 saturated carbocycles. The number of aromatic nitrogens is 2. The van der Waals surface area contributed by atoms with E-state index in [1.807, 2.05) is 29.6 Å². The summed E-state index contributed by atoms with van der Waals surface area (Å²) in [5.74, 6) is -0.149. The Kier molecular flexibility index (Phi) is 2.60. The first kappa shape index (κ1) is 11.0. The molecule has 0 aliphatic rings. The molecule has 3 aromatic rings. The highest BCUT2D eigenvalue weighted by molar-refractivity contribution is 7.17. The summed E-state index contributed by atoms with van der Waals surface area (Å²) in [7, 11) is 1.75. The van der Waals surface area contributed by atoms with E-state index >= 15 is 0 Å². The lowest BCUT2D eigenvalue weighted by Crippen LogP contribution is -2.15. The Bertz CT molecular complexity index is 714. The van der Waals surface area contributed by atoms with Crippen molar-refractivity contribution in [3.63, 3.8) is 0 Å². The van der Waals surface area contributed by atoms with Crippen molar-refractivity contribution in [3.05, 3.63) is 47.6 Å². The van der Waals surface area contributed by atoms with E-state index < -0.39 is 0 Å². The molecule has 1 N–H and O–H groups in total. The lowest BCUT2D eigenvalue weighted by molar-refractivity contribution is 0.101. The van der Waals surface area contributed by atoms with Crippen molar-refractivity contribution in [2.75, 3.05) is 5.32 Å². The molecule has 3 rings (SSSR count). The molecule has 0 aliphatic heterocycles. The number of carbonyl (C=O) groups excluding carboxylic acids is 1. The van der Waals surface area contributed by atoms with Crippen LogP contribution in [0.1, 0.15) is 10.5 Å². The summed E-state index contributed by atoms with van der Waals surface area (Å²) in [4.78, 5) is 12.0. The van der Waals surface area contributed by atoms with Crippen molar-refractivity contribution in [3.8, 4) is 0 Å². The quantitative estimate of drug-likeness (QED) is 0.767. The fourth-order valence-electron chi connectivity index (χ4n) is 1.84. The Hall–Kier alpha value is -2.14. The number of anilines is 1. The predicted octanol–water partition coefficient (Wildman–Crippen LogP) is 2.89. The zero-order chi connectivity index (χ0) is 12.5. The van der Waals surface area contributed by atoms with Crippen LogP contribution in [-0.4, -0.2) is 15.7 Å². The van der Waals surface area contributed by atoms with E-state index in [-0.39, 0.29) is 5.91 Å². The molecule has 0 atom stereocenters. The summed E-state index contributed by atoms with van der Waals surface area (Å²) < 4.78 is 2.77. The average molecular weight is 257 g/mol. The second-order valence-electron chi connectivity index (χ2n) is 3.97. The first-order valence-corrected chi connectivity index (χ1v) is 6.38. The molecule has 0 radical (unpaired) electrons. The molecule has 90 valence electrons. The maximum Gasteiger partial charge on any atom is 0.273 e. The Morgan fingerprint density at radius 1 is 1.33 bits per heavy atom. The van der Waals surface area contributed by atoms with Crippen LogP contribution in [0.2, 0.25) is 0 Å². The Balaban J connectivity index is 1.88. The number of thiophene rings is 1. The van der Waals surface area contributed by atoms with E-state index in [4.69, 9.17) is 0 Å². The van der Waals surface area contributed by atoms with Gasteiger partial charge >= 0.3 is 0 Å². The molecule has 0 fully saturated rings. The summed E-state index contributed by atoms with van der Waals surface area (Å²) in [5.41, 5.74) is 1.34. The van der Waals surface area contributed by atoms with Gasteiger partial charge in [0.15, 0.2) is 0 Å². The molecular formula is C13H11N3OS. The van der Waals surface area contributed by atoms with E-state index in [1.54, 1.807) is 35.3 Å². The normalized spacial score (nSPS) is 10.7. The van der Waals surface area contributed by atoms with Crippen LogP contribution in [0.3, 0.4) is 0 Å². The number of hydrogen-bond donors (Lipinski definition) is 1. The first-order valence-electron chi connectivity index (χ1n) is 5.51. The summed E-state index contributed by atoms with van der Waals surface area (Å²) in [6.45, 7) is 0. The number of nitrogens with one attached hydrogen (secondary N) is 1. The highest BCUT2D eigenvalue weighted by Crippen LogP contribution is 2.24. The summed E-state index contributed by atoms with van der Waals surface area (Å²) in [6, 6.07) is 9.63. The number of nitrogens with zero attached hydrogens (tertiary/aromatic N) is 2. The standard InChI is InChI=1S/C13H11N3OS/c1-16-11(4-6-14-16)13(17)15-10-2-3-12-9(8-10)5-7-18-12/h2-8H,1H3,(H,15,17). The SMILES string of the molecule is Cn1nccc1C(=O)Nc1ccc2sccc2c1. The summed E-state index contributed by atoms with van der Waals surface area (Å²) in [6.07, 6.45) is 1.61. The lowest BCUT2D eigenvalue weighted by Gasteiger charge is -2.05. The van der Waals surface area contributed by atoms with Gasteiger partial charge in [0, 0.05) is 23.6 Å². The van der Waals surface area contributed by atoms with Crippen LogP contribution < -0.4 is 5.32 Å². The Morgan fingerprint density at radius 2 is 2.22 bits per heavy atom. The highest BCUT2D eigenvalue weighted by atomic mass is 32.1. The summed E-state index contributed by atoms with van der Waals surface area (Å²) in [5, 5.41) is 10.0. The van der Waals surface area contributed by atoms with Gasteiger partial charge in [0.25, 0.3) is 5.91 Å². The molecule has 2 aromatic heterocycles. The van der Waals surface area contributed by atoms with Crippen molar-refractivity contribution >= 4 is 33.0 Å². The van der Waals surface area contributed by atoms with Gasteiger partial charge < -0.3 is 5.32 Å². The van der Waals surface area contributed by atoms with Crippen LogP contribution in [0.25, 0.3) is 10.1 Å². The smallest absolute Gasteiger partial charge is 0.273 e. The third kappa shape index (κ3) is 1.89. The number of fused-ring (bicyclic) bond motifs is 1. The molecule has 2 heterocycles. The van der Waals surface area contributed by atoms with E-state index in [2.05, 4.69) is 10.4 Å². The van der Waals surface area contributed by atoms with Crippen LogP contribution in [-0.2, 0) is 7.05 Å². The van der Waals surface area contributed by atoms with Gasteiger partial charge in [-0.15, -0.1) is 11.3 Å². The van der Waals surface area contributed by atoms with Crippen molar-refractivity contribution in [1.29, 1.82) is 0 Å². The molecule has 0 saturated heterocycles. The van der Waals surface area contributed by atoms with Gasteiger partial charge in [-0.2, -0.15) is 5.10 Å². The third-order valence-electron chi connectivity index (χ3n) is 2.76. The molecule has 1 aromatic carbocycles. The third-order valence-corrected chi connectivity index (χ3v) is 3.66. The topological polar surface area (TPSA) is 46.9 Å². The molecule has 0 unspecified atom stereocenters. The molecule has 0 aliphatic carbocycles. The van der Waals surface area contributed by atoms with Crippen LogP contribution in [0.5, 0.6) is 0 Å². The van der Waals surface area contributed by atoms with Gasteiger partial charge in [0.2, 0.25) is 0 Å². The first-order chi connectivity index (χ1) is 8.74. The van der Waals surface area contributed by atoms with Crippen molar-refractivity contribution < 1.29 is 4.79 Å². The van der Waals surface area contributed by atoms with Crippen LogP contribution in [0, 0.1) is 0 Å².